The van der Waals surface area contributed by atoms with Gasteiger partial charge in [-0.1, -0.05) is 25.1 Å². The first kappa shape index (κ1) is 10.2. The highest BCUT2D eigenvalue weighted by Crippen LogP contribution is 2.26. The molecule has 0 amide bonds. The molecule has 1 saturated heterocycles. The van der Waals surface area contributed by atoms with Gasteiger partial charge in [0, 0.05) is 24.8 Å². The second kappa shape index (κ2) is 4.10. The number of para-hydroxylation sites is 1. The Bertz CT molecular complexity index is 375. The maximum absolute atomic E-state index is 3.56. The summed E-state index contributed by atoms with van der Waals surface area (Å²) >= 11 is 0. The van der Waals surface area contributed by atoms with E-state index in [1.165, 1.54) is 37.2 Å². The van der Waals surface area contributed by atoms with Gasteiger partial charge in [-0.2, -0.15) is 0 Å². The van der Waals surface area contributed by atoms with Gasteiger partial charge in [-0.3, -0.25) is 4.90 Å². The molecular weight excluding hydrogens is 196 g/mol. The van der Waals surface area contributed by atoms with E-state index in [1.54, 1.807) is 0 Å². The Kier molecular flexibility index (Phi) is 2.60. The summed E-state index contributed by atoms with van der Waals surface area (Å²) in [6.07, 6.45) is 2.59. The third kappa shape index (κ3) is 1.82. The standard InChI is InChI=1S/C14H20N2/c1-11-6-7-16(10-11)13-8-12-4-2-3-5-14(12)15-9-13/h2-5,11,13,15H,6-10H2,1H3. The number of anilines is 1. The Morgan fingerprint density at radius 3 is 3.00 bits per heavy atom. The van der Waals surface area contributed by atoms with Crippen molar-refractivity contribution in [2.75, 3.05) is 25.0 Å². The largest absolute Gasteiger partial charge is 0.383 e. The summed E-state index contributed by atoms with van der Waals surface area (Å²) in [7, 11) is 0. The molecule has 0 bridgehead atoms. The first-order chi connectivity index (χ1) is 7.83. The highest BCUT2D eigenvalue weighted by Gasteiger charge is 2.28. The van der Waals surface area contributed by atoms with Crippen molar-refractivity contribution in [3.8, 4) is 0 Å². The van der Waals surface area contributed by atoms with Crippen LogP contribution in [0.3, 0.4) is 0 Å². The number of nitrogens with zero attached hydrogens (tertiary/aromatic N) is 1. The molecule has 2 heterocycles. The van der Waals surface area contributed by atoms with Gasteiger partial charge in [0.05, 0.1) is 0 Å². The van der Waals surface area contributed by atoms with Gasteiger partial charge < -0.3 is 5.32 Å². The average molecular weight is 216 g/mol. The number of hydrogen-bond donors (Lipinski definition) is 1. The predicted octanol–water partition coefficient (Wildman–Crippen LogP) is 2.37. The lowest BCUT2D eigenvalue weighted by molar-refractivity contribution is 0.240. The number of hydrogen-bond acceptors (Lipinski definition) is 2. The molecule has 0 aliphatic carbocycles. The zero-order valence-electron chi connectivity index (χ0n) is 9.95. The first-order valence-corrected chi connectivity index (χ1v) is 6.39. The van der Waals surface area contributed by atoms with E-state index in [2.05, 4.69) is 41.4 Å². The van der Waals surface area contributed by atoms with Crippen molar-refractivity contribution >= 4 is 5.69 Å². The number of rotatable bonds is 1. The molecule has 2 unspecified atom stereocenters. The second-order valence-electron chi connectivity index (χ2n) is 5.28. The molecule has 16 heavy (non-hydrogen) atoms. The predicted molar refractivity (Wildman–Crippen MR) is 67.8 cm³/mol. The molecule has 1 fully saturated rings. The van der Waals surface area contributed by atoms with E-state index >= 15 is 0 Å². The van der Waals surface area contributed by atoms with Crippen LogP contribution in [0.2, 0.25) is 0 Å². The molecule has 0 radical (unpaired) electrons. The van der Waals surface area contributed by atoms with Crippen LogP contribution in [0.15, 0.2) is 24.3 Å². The SMILES string of the molecule is CC1CCN(C2CNc3ccccc3C2)C1. The summed E-state index contributed by atoms with van der Waals surface area (Å²) in [5, 5.41) is 3.56. The summed E-state index contributed by atoms with van der Waals surface area (Å²) in [6.45, 7) is 6.05. The molecule has 2 nitrogen and oxygen atoms in total. The highest BCUT2D eigenvalue weighted by atomic mass is 15.2. The van der Waals surface area contributed by atoms with E-state index < -0.39 is 0 Å². The normalized spacial score (nSPS) is 29.8. The van der Waals surface area contributed by atoms with Gasteiger partial charge in [-0.25, -0.2) is 0 Å². The van der Waals surface area contributed by atoms with Gasteiger partial charge in [-0.15, -0.1) is 0 Å². The highest BCUT2D eigenvalue weighted by molar-refractivity contribution is 5.53. The Hall–Kier alpha value is -1.02. The summed E-state index contributed by atoms with van der Waals surface area (Å²) in [6, 6.07) is 9.42. The van der Waals surface area contributed by atoms with Crippen molar-refractivity contribution in [3.05, 3.63) is 29.8 Å². The fourth-order valence-electron chi connectivity index (χ4n) is 2.98. The maximum atomic E-state index is 3.56. The van der Waals surface area contributed by atoms with Crippen LogP contribution in [0.1, 0.15) is 18.9 Å². The van der Waals surface area contributed by atoms with Crippen LogP contribution in [0, 0.1) is 5.92 Å². The lowest BCUT2D eigenvalue weighted by Gasteiger charge is -2.33. The minimum absolute atomic E-state index is 0.708. The fraction of sp³-hybridized carbons (Fsp3) is 0.571. The third-order valence-electron chi connectivity index (χ3n) is 3.97. The molecule has 2 atom stereocenters. The van der Waals surface area contributed by atoms with Crippen LogP contribution in [0.5, 0.6) is 0 Å². The molecule has 1 aromatic rings. The fourth-order valence-corrected chi connectivity index (χ4v) is 2.98. The van der Waals surface area contributed by atoms with Gasteiger partial charge in [-0.05, 0) is 36.9 Å². The Morgan fingerprint density at radius 1 is 1.31 bits per heavy atom. The summed E-state index contributed by atoms with van der Waals surface area (Å²) < 4.78 is 0. The van der Waals surface area contributed by atoms with E-state index in [0.717, 1.165) is 12.5 Å². The van der Waals surface area contributed by atoms with Crippen LogP contribution >= 0.6 is 0 Å². The lowest BCUT2D eigenvalue weighted by atomic mass is 9.99. The second-order valence-corrected chi connectivity index (χ2v) is 5.28. The van der Waals surface area contributed by atoms with Crippen LogP contribution in [-0.4, -0.2) is 30.6 Å². The van der Waals surface area contributed by atoms with Gasteiger partial charge in [0.15, 0.2) is 0 Å². The maximum Gasteiger partial charge on any atom is 0.0373 e. The zero-order valence-corrected chi connectivity index (χ0v) is 9.95. The number of nitrogens with one attached hydrogen (secondary N) is 1. The molecular formula is C14H20N2. The van der Waals surface area contributed by atoms with Crippen molar-refractivity contribution in [1.29, 1.82) is 0 Å². The van der Waals surface area contributed by atoms with Gasteiger partial charge in [0.25, 0.3) is 0 Å². The first-order valence-electron chi connectivity index (χ1n) is 6.39. The minimum atomic E-state index is 0.708. The van der Waals surface area contributed by atoms with Crippen molar-refractivity contribution < 1.29 is 0 Å². The average Bonchev–Trinajstić information content (AvgIpc) is 2.75. The number of likely N-dealkylation sites (tertiary alicyclic amines) is 1. The molecule has 0 spiro atoms. The molecule has 0 aromatic heterocycles. The zero-order chi connectivity index (χ0) is 11.0. The molecule has 3 rings (SSSR count). The molecule has 2 heteroatoms. The van der Waals surface area contributed by atoms with Crippen molar-refractivity contribution in [1.82, 2.24) is 4.90 Å². The smallest absolute Gasteiger partial charge is 0.0373 e. The summed E-state index contributed by atoms with van der Waals surface area (Å²) in [5.41, 5.74) is 2.82. The Balaban J connectivity index is 1.73. The quantitative estimate of drug-likeness (QED) is 0.775. The van der Waals surface area contributed by atoms with Gasteiger partial charge in [0.1, 0.15) is 0 Å². The van der Waals surface area contributed by atoms with Crippen molar-refractivity contribution in [2.45, 2.75) is 25.8 Å². The monoisotopic (exact) mass is 216 g/mol. The van der Waals surface area contributed by atoms with Crippen LogP contribution in [0.4, 0.5) is 5.69 Å². The molecule has 0 saturated carbocycles. The molecule has 86 valence electrons. The van der Waals surface area contributed by atoms with E-state index in [0.29, 0.717) is 6.04 Å². The van der Waals surface area contributed by atoms with Crippen molar-refractivity contribution in [3.63, 3.8) is 0 Å². The minimum Gasteiger partial charge on any atom is -0.383 e. The number of benzene rings is 1. The molecule has 2 aliphatic rings. The van der Waals surface area contributed by atoms with E-state index in [-0.39, 0.29) is 0 Å². The van der Waals surface area contributed by atoms with E-state index in [4.69, 9.17) is 0 Å². The van der Waals surface area contributed by atoms with Crippen LogP contribution in [-0.2, 0) is 6.42 Å². The van der Waals surface area contributed by atoms with E-state index in [1.807, 2.05) is 0 Å². The van der Waals surface area contributed by atoms with Crippen LogP contribution in [0.25, 0.3) is 0 Å². The van der Waals surface area contributed by atoms with Crippen LogP contribution < -0.4 is 5.32 Å². The summed E-state index contributed by atoms with van der Waals surface area (Å²) in [4.78, 5) is 2.66. The molecule has 1 aromatic carbocycles. The summed E-state index contributed by atoms with van der Waals surface area (Å²) in [5.74, 6) is 0.886. The van der Waals surface area contributed by atoms with Crippen molar-refractivity contribution in [2.24, 2.45) is 5.92 Å². The topological polar surface area (TPSA) is 15.3 Å². The van der Waals surface area contributed by atoms with Gasteiger partial charge >= 0.3 is 0 Å². The van der Waals surface area contributed by atoms with E-state index in [9.17, 15) is 0 Å². The lowest BCUT2D eigenvalue weighted by Crippen LogP contribution is -2.42. The Labute approximate surface area is 97.6 Å². The molecule has 1 N–H and O–H groups in total. The number of fused-ring (bicyclic) bond motifs is 1. The Morgan fingerprint density at radius 2 is 2.19 bits per heavy atom. The van der Waals surface area contributed by atoms with Gasteiger partial charge in [0.2, 0.25) is 0 Å². The third-order valence-corrected chi connectivity index (χ3v) is 3.97. The molecule has 2 aliphatic heterocycles.